The fraction of sp³-hybridized carbons (Fsp3) is 0.429. The lowest BCUT2D eigenvalue weighted by atomic mass is 9.73. The number of nitrogens with one attached hydrogen (secondary N) is 1. The lowest BCUT2D eigenvalue weighted by molar-refractivity contribution is 0.102. The highest BCUT2D eigenvalue weighted by Gasteiger charge is 2.57. The number of amidine groups is 1. The molecule has 12 heteroatoms. The molecular weight excluding hydrogens is 453 g/mol. The van der Waals surface area contributed by atoms with Crippen LogP contribution in [0, 0.1) is 11.7 Å². The van der Waals surface area contributed by atoms with Crippen LogP contribution in [0.1, 0.15) is 29.4 Å². The summed E-state index contributed by atoms with van der Waals surface area (Å²) in [7, 11) is -2.14. The molecule has 176 valence electrons. The first kappa shape index (κ1) is 23.1. The van der Waals surface area contributed by atoms with Crippen LogP contribution >= 0.6 is 0 Å². The monoisotopic (exact) mass is 477 g/mol. The van der Waals surface area contributed by atoms with Crippen molar-refractivity contribution in [3.05, 3.63) is 47.7 Å². The Morgan fingerprint density at radius 2 is 2.09 bits per heavy atom. The molecule has 1 aromatic heterocycles. The Morgan fingerprint density at radius 1 is 1.33 bits per heavy atom. The van der Waals surface area contributed by atoms with Crippen molar-refractivity contribution < 1.29 is 27.1 Å². The molecule has 1 amide bonds. The maximum absolute atomic E-state index is 15.1. The molecule has 2 aliphatic heterocycles. The van der Waals surface area contributed by atoms with Gasteiger partial charge in [0, 0.05) is 23.4 Å². The van der Waals surface area contributed by atoms with Crippen molar-refractivity contribution in [2.75, 3.05) is 31.9 Å². The zero-order valence-electron chi connectivity index (χ0n) is 18.3. The molecule has 0 aliphatic carbocycles. The average molecular weight is 478 g/mol. The summed E-state index contributed by atoms with van der Waals surface area (Å²) in [6, 6.07) is 4.09. The van der Waals surface area contributed by atoms with Crippen LogP contribution < -0.4 is 15.8 Å². The van der Waals surface area contributed by atoms with E-state index in [1.54, 1.807) is 0 Å². The Kier molecular flexibility index (Phi) is 5.61. The quantitative estimate of drug-likeness (QED) is 0.655. The van der Waals surface area contributed by atoms with E-state index in [9.17, 15) is 13.2 Å². The molecule has 1 aromatic carbocycles. The van der Waals surface area contributed by atoms with Crippen LogP contribution in [-0.4, -0.2) is 61.5 Å². The molecule has 2 aliphatic rings. The van der Waals surface area contributed by atoms with Gasteiger partial charge < -0.3 is 20.5 Å². The number of hydrogen-bond acceptors (Lipinski definition) is 9. The molecule has 3 N–H and O–H groups in total. The van der Waals surface area contributed by atoms with Crippen molar-refractivity contribution in [1.82, 2.24) is 9.97 Å². The summed E-state index contributed by atoms with van der Waals surface area (Å²) in [5, 5.41) is 2.67. The van der Waals surface area contributed by atoms with E-state index in [0.29, 0.717) is 5.69 Å². The van der Waals surface area contributed by atoms with Gasteiger partial charge in [-0.15, -0.1) is 0 Å². The van der Waals surface area contributed by atoms with Crippen LogP contribution in [0.2, 0.25) is 0 Å². The first-order chi connectivity index (χ1) is 15.5. The molecule has 1 unspecified atom stereocenters. The number of hydrogen-bond donors (Lipinski definition) is 2. The minimum absolute atomic E-state index is 0.0382. The molecule has 1 fully saturated rings. The molecule has 0 saturated carbocycles. The van der Waals surface area contributed by atoms with E-state index in [4.69, 9.17) is 15.2 Å². The summed E-state index contributed by atoms with van der Waals surface area (Å²) in [4.78, 5) is 25.0. The van der Waals surface area contributed by atoms with Gasteiger partial charge in [-0.05, 0) is 31.5 Å². The summed E-state index contributed by atoms with van der Waals surface area (Å²) in [5.74, 6) is -1.36. The average Bonchev–Trinajstić information content (AvgIpc) is 3.17. The van der Waals surface area contributed by atoms with Crippen molar-refractivity contribution in [3.8, 4) is 5.88 Å². The van der Waals surface area contributed by atoms with E-state index in [2.05, 4.69) is 20.3 Å². The first-order valence-electron chi connectivity index (χ1n) is 10.1. The molecule has 3 atom stereocenters. The number of rotatable bonds is 5. The predicted octanol–water partition coefficient (Wildman–Crippen LogP) is 1.28. The highest BCUT2D eigenvalue weighted by Crippen LogP contribution is 2.49. The molecule has 4 rings (SSSR count). The Hall–Kier alpha value is -3.12. The van der Waals surface area contributed by atoms with Gasteiger partial charge in [0.15, 0.2) is 9.84 Å². The normalized spacial score (nSPS) is 26.9. The zero-order valence-corrected chi connectivity index (χ0v) is 19.1. The number of carbonyl (C=O) groups excluding carboxylic acids is 1. The van der Waals surface area contributed by atoms with Crippen molar-refractivity contribution in [2.24, 2.45) is 16.6 Å². The lowest BCUT2D eigenvalue weighted by Gasteiger charge is -2.42. The minimum atomic E-state index is -3.58. The van der Waals surface area contributed by atoms with Crippen LogP contribution in [0.15, 0.2) is 35.6 Å². The van der Waals surface area contributed by atoms with Gasteiger partial charge in [-0.2, -0.15) is 0 Å². The van der Waals surface area contributed by atoms with Gasteiger partial charge in [-0.3, -0.25) is 9.79 Å². The molecule has 10 nitrogen and oxygen atoms in total. The molecule has 0 radical (unpaired) electrons. The number of anilines is 1. The number of sulfone groups is 1. The summed E-state index contributed by atoms with van der Waals surface area (Å²) < 4.78 is 49.1. The summed E-state index contributed by atoms with van der Waals surface area (Å²) >= 11 is 0. The second kappa shape index (κ2) is 8.03. The number of aliphatic imine (C=N–C) groups is 1. The number of aromatic nitrogens is 2. The van der Waals surface area contributed by atoms with Gasteiger partial charge in [-0.25, -0.2) is 22.8 Å². The number of ether oxygens (including phenoxy) is 2. The van der Waals surface area contributed by atoms with E-state index in [1.807, 2.05) is 0 Å². The lowest BCUT2D eigenvalue weighted by Crippen LogP contribution is -2.56. The SMILES string of the molecule is COc1cnc(C(=O)Nc2ccc(F)c([C@@]34COCC3C[C@@](C)(S(C)(=O)=O)C(N)=N4)c2)cn1. The summed E-state index contributed by atoms with van der Waals surface area (Å²) in [6.07, 6.45) is 3.81. The Bertz CT molecular complexity index is 1240. The van der Waals surface area contributed by atoms with Crippen LogP contribution in [0.4, 0.5) is 10.1 Å². The van der Waals surface area contributed by atoms with Gasteiger partial charge in [0.2, 0.25) is 5.88 Å². The number of amides is 1. The molecule has 3 heterocycles. The van der Waals surface area contributed by atoms with Gasteiger partial charge in [0.1, 0.15) is 27.6 Å². The standard InChI is InChI=1S/C21H24FN5O5S/c1-20(33(3,29)30)7-12-10-32-11-21(12,27-19(20)23)14-6-13(4-5-15(14)22)26-18(28)16-8-25-17(31-2)9-24-16/h4-6,8-9,12H,7,10-11H2,1-3H3,(H2,23,27)(H,26,28)/t12?,20-,21-/m1/s1. The van der Waals surface area contributed by atoms with E-state index in [1.165, 1.54) is 44.6 Å². The highest BCUT2D eigenvalue weighted by molar-refractivity contribution is 7.92. The highest BCUT2D eigenvalue weighted by atomic mass is 32.2. The Morgan fingerprint density at radius 3 is 2.73 bits per heavy atom. The van der Waals surface area contributed by atoms with Gasteiger partial charge >= 0.3 is 0 Å². The van der Waals surface area contributed by atoms with E-state index < -0.39 is 37.8 Å². The number of carbonyl (C=O) groups is 1. The fourth-order valence-electron chi connectivity index (χ4n) is 4.24. The summed E-state index contributed by atoms with van der Waals surface area (Å²) in [5.41, 5.74) is 5.47. The van der Waals surface area contributed by atoms with Crippen molar-refractivity contribution in [2.45, 2.75) is 23.6 Å². The number of halogens is 1. The van der Waals surface area contributed by atoms with Crippen molar-refractivity contribution >= 4 is 27.3 Å². The number of nitrogens with zero attached hydrogens (tertiary/aromatic N) is 3. The van der Waals surface area contributed by atoms with Crippen LogP contribution in [0.25, 0.3) is 0 Å². The minimum Gasteiger partial charge on any atom is -0.480 e. The number of nitrogens with two attached hydrogens (primary N) is 1. The molecule has 0 spiro atoms. The molecular formula is C21H24FN5O5S. The summed E-state index contributed by atoms with van der Waals surface area (Å²) in [6.45, 7) is 1.77. The second-order valence-electron chi connectivity index (χ2n) is 8.43. The maximum atomic E-state index is 15.1. The van der Waals surface area contributed by atoms with E-state index in [-0.39, 0.29) is 42.6 Å². The topological polar surface area (TPSA) is 146 Å². The number of benzene rings is 1. The van der Waals surface area contributed by atoms with Crippen LogP contribution in [-0.2, 0) is 20.1 Å². The van der Waals surface area contributed by atoms with E-state index in [0.717, 1.165) is 6.26 Å². The maximum Gasteiger partial charge on any atom is 0.275 e. The van der Waals surface area contributed by atoms with Crippen LogP contribution in [0.3, 0.4) is 0 Å². The van der Waals surface area contributed by atoms with E-state index >= 15 is 4.39 Å². The third-order valence-electron chi connectivity index (χ3n) is 6.39. The number of methoxy groups -OCH3 is 1. The molecule has 2 aromatic rings. The Labute approximate surface area is 190 Å². The third kappa shape index (κ3) is 3.82. The fourth-order valence-corrected chi connectivity index (χ4v) is 5.17. The Balaban J connectivity index is 1.70. The smallest absolute Gasteiger partial charge is 0.275 e. The second-order valence-corrected chi connectivity index (χ2v) is 10.9. The molecule has 0 bridgehead atoms. The predicted molar refractivity (Wildman–Crippen MR) is 118 cm³/mol. The first-order valence-corrected chi connectivity index (χ1v) is 12.0. The van der Waals surface area contributed by atoms with Crippen molar-refractivity contribution in [3.63, 3.8) is 0 Å². The van der Waals surface area contributed by atoms with Crippen LogP contribution in [0.5, 0.6) is 5.88 Å². The van der Waals surface area contributed by atoms with Gasteiger partial charge in [-0.1, -0.05) is 0 Å². The largest absolute Gasteiger partial charge is 0.480 e. The molecule has 33 heavy (non-hydrogen) atoms. The zero-order chi connectivity index (χ0) is 24.0. The van der Waals surface area contributed by atoms with Gasteiger partial charge in [0.25, 0.3) is 5.91 Å². The molecule has 1 saturated heterocycles. The van der Waals surface area contributed by atoms with Gasteiger partial charge in [0.05, 0.1) is 32.7 Å². The van der Waals surface area contributed by atoms with Crippen molar-refractivity contribution in [1.29, 1.82) is 0 Å². The third-order valence-corrected chi connectivity index (χ3v) is 8.41. The number of fused-ring (bicyclic) bond motifs is 1.